The summed E-state index contributed by atoms with van der Waals surface area (Å²) in [5.41, 5.74) is 1.42. The fourth-order valence-corrected chi connectivity index (χ4v) is 3.19. The van der Waals surface area contributed by atoms with Gasteiger partial charge in [-0.25, -0.2) is 0 Å². The Bertz CT molecular complexity index is 389. The molecule has 1 atom stereocenters. The summed E-state index contributed by atoms with van der Waals surface area (Å²) in [5, 5.41) is 3.43. The van der Waals surface area contributed by atoms with Gasteiger partial charge in [0.15, 0.2) is 0 Å². The molecule has 0 aliphatic carbocycles. The molecule has 0 amide bonds. The molecule has 18 heavy (non-hydrogen) atoms. The van der Waals surface area contributed by atoms with Gasteiger partial charge in [-0.3, -0.25) is 4.90 Å². The molecule has 2 rings (SSSR count). The monoisotopic (exact) mass is 374 g/mol. The Balaban J connectivity index is 2.19. The first kappa shape index (κ1) is 14.5. The predicted octanol–water partition coefficient (Wildman–Crippen LogP) is 3.96. The molecular formula is C14H20Br2N2. The first-order valence-electron chi connectivity index (χ1n) is 6.62. The van der Waals surface area contributed by atoms with E-state index < -0.39 is 0 Å². The van der Waals surface area contributed by atoms with E-state index in [2.05, 4.69) is 67.2 Å². The summed E-state index contributed by atoms with van der Waals surface area (Å²) in [5.74, 6) is 0. The minimum Gasteiger partial charge on any atom is -0.314 e. The molecule has 0 spiro atoms. The highest BCUT2D eigenvalue weighted by atomic mass is 79.9. The molecule has 1 aliphatic heterocycles. The average molecular weight is 376 g/mol. The molecule has 1 heterocycles. The highest BCUT2D eigenvalue weighted by molar-refractivity contribution is 9.13. The van der Waals surface area contributed by atoms with Gasteiger partial charge in [0.05, 0.1) is 0 Å². The fraction of sp³-hybridized carbons (Fsp3) is 0.571. The molecule has 1 aromatic carbocycles. The second-order valence-corrected chi connectivity index (χ2v) is 6.47. The van der Waals surface area contributed by atoms with Gasteiger partial charge in [-0.2, -0.15) is 0 Å². The van der Waals surface area contributed by atoms with Crippen molar-refractivity contribution >= 4 is 31.9 Å². The Morgan fingerprint density at radius 3 is 2.56 bits per heavy atom. The normalized spacial score (nSPS) is 18.8. The van der Waals surface area contributed by atoms with Crippen LogP contribution >= 0.6 is 31.9 Å². The third-order valence-electron chi connectivity index (χ3n) is 3.48. The standard InChI is InChI=1S/C14H20Br2N2/c1-2-3-14(18-8-6-17-7-9-18)11-4-5-12(15)13(16)10-11/h4-5,10,14,17H,2-3,6-9H2,1H3/t14-/m0/s1. The minimum absolute atomic E-state index is 0.557. The molecule has 0 saturated carbocycles. The van der Waals surface area contributed by atoms with E-state index in [0.29, 0.717) is 6.04 Å². The molecular weight excluding hydrogens is 356 g/mol. The van der Waals surface area contributed by atoms with Crippen molar-refractivity contribution in [2.24, 2.45) is 0 Å². The molecule has 0 aromatic heterocycles. The molecule has 2 nitrogen and oxygen atoms in total. The number of nitrogens with one attached hydrogen (secondary N) is 1. The van der Waals surface area contributed by atoms with Crippen molar-refractivity contribution in [1.82, 2.24) is 10.2 Å². The van der Waals surface area contributed by atoms with Gasteiger partial charge in [0.25, 0.3) is 0 Å². The van der Waals surface area contributed by atoms with Crippen LogP contribution < -0.4 is 5.32 Å². The maximum Gasteiger partial charge on any atom is 0.0349 e. The highest BCUT2D eigenvalue weighted by Gasteiger charge is 2.21. The quantitative estimate of drug-likeness (QED) is 0.856. The zero-order chi connectivity index (χ0) is 13.0. The van der Waals surface area contributed by atoms with Gasteiger partial charge in [0.1, 0.15) is 0 Å². The third kappa shape index (κ3) is 3.56. The van der Waals surface area contributed by atoms with Gasteiger partial charge < -0.3 is 5.32 Å². The zero-order valence-corrected chi connectivity index (χ0v) is 13.9. The van der Waals surface area contributed by atoms with Gasteiger partial charge in [-0.15, -0.1) is 0 Å². The van der Waals surface area contributed by atoms with Crippen LogP contribution in [-0.2, 0) is 0 Å². The van der Waals surface area contributed by atoms with Crippen LogP contribution in [0.4, 0.5) is 0 Å². The Morgan fingerprint density at radius 1 is 1.22 bits per heavy atom. The molecule has 4 heteroatoms. The van der Waals surface area contributed by atoms with Gasteiger partial charge in [0.2, 0.25) is 0 Å². The van der Waals surface area contributed by atoms with Gasteiger partial charge >= 0.3 is 0 Å². The Morgan fingerprint density at radius 2 is 1.94 bits per heavy atom. The smallest absolute Gasteiger partial charge is 0.0349 e. The van der Waals surface area contributed by atoms with E-state index in [0.717, 1.165) is 35.1 Å². The van der Waals surface area contributed by atoms with Crippen molar-refractivity contribution in [2.75, 3.05) is 26.2 Å². The molecule has 1 saturated heterocycles. The van der Waals surface area contributed by atoms with Crippen LogP contribution in [0.5, 0.6) is 0 Å². The maximum atomic E-state index is 3.61. The van der Waals surface area contributed by atoms with E-state index in [-0.39, 0.29) is 0 Å². The molecule has 0 radical (unpaired) electrons. The highest BCUT2D eigenvalue weighted by Crippen LogP contribution is 2.31. The van der Waals surface area contributed by atoms with Gasteiger partial charge in [0, 0.05) is 41.2 Å². The van der Waals surface area contributed by atoms with E-state index in [1.54, 1.807) is 0 Å². The minimum atomic E-state index is 0.557. The number of hydrogen-bond donors (Lipinski definition) is 1. The van der Waals surface area contributed by atoms with Crippen LogP contribution in [0, 0.1) is 0 Å². The Hall–Kier alpha value is 0.1000. The molecule has 100 valence electrons. The first-order chi connectivity index (χ1) is 8.72. The molecule has 0 bridgehead atoms. The van der Waals surface area contributed by atoms with E-state index in [4.69, 9.17) is 0 Å². The second-order valence-electron chi connectivity index (χ2n) is 4.76. The summed E-state index contributed by atoms with van der Waals surface area (Å²) in [6.07, 6.45) is 2.45. The van der Waals surface area contributed by atoms with Crippen LogP contribution in [0.1, 0.15) is 31.4 Å². The van der Waals surface area contributed by atoms with E-state index in [1.807, 2.05) is 0 Å². The van der Waals surface area contributed by atoms with Crippen molar-refractivity contribution in [3.05, 3.63) is 32.7 Å². The van der Waals surface area contributed by atoms with Crippen molar-refractivity contribution in [2.45, 2.75) is 25.8 Å². The van der Waals surface area contributed by atoms with Crippen LogP contribution in [0.25, 0.3) is 0 Å². The molecule has 1 aromatic rings. The number of halogens is 2. The fourth-order valence-electron chi connectivity index (χ4n) is 2.55. The van der Waals surface area contributed by atoms with E-state index in [9.17, 15) is 0 Å². The summed E-state index contributed by atoms with van der Waals surface area (Å²) in [6.45, 7) is 6.79. The third-order valence-corrected chi connectivity index (χ3v) is 5.36. The number of piperazine rings is 1. The molecule has 1 aliphatic rings. The largest absolute Gasteiger partial charge is 0.314 e. The summed E-state index contributed by atoms with van der Waals surface area (Å²) in [4.78, 5) is 2.61. The van der Waals surface area contributed by atoms with Crippen LogP contribution in [0.3, 0.4) is 0 Å². The maximum absolute atomic E-state index is 3.61. The topological polar surface area (TPSA) is 15.3 Å². The summed E-state index contributed by atoms with van der Waals surface area (Å²) >= 11 is 7.15. The lowest BCUT2D eigenvalue weighted by molar-refractivity contribution is 0.164. The average Bonchev–Trinajstić information content (AvgIpc) is 2.40. The van der Waals surface area contributed by atoms with E-state index >= 15 is 0 Å². The zero-order valence-electron chi connectivity index (χ0n) is 10.8. The summed E-state index contributed by atoms with van der Waals surface area (Å²) in [6, 6.07) is 7.20. The SMILES string of the molecule is CCC[C@@H](c1ccc(Br)c(Br)c1)N1CCNCC1. The number of benzene rings is 1. The Labute approximate surface area is 126 Å². The van der Waals surface area contributed by atoms with Crippen LogP contribution in [-0.4, -0.2) is 31.1 Å². The van der Waals surface area contributed by atoms with Crippen LogP contribution in [0.15, 0.2) is 27.1 Å². The summed E-state index contributed by atoms with van der Waals surface area (Å²) < 4.78 is 2.28. The number of rotatable bonds is 4. The van der Waals surface area contributed by atoms with Gasteiger partial charge in [-0.1, -0.05) is 19.4 Å². The summed E-state index contributed by atoms with van der Waals surface area (Å²) in [7, 11) is 0. The lowest BCUT2D eigenvalue weighted by Gasteiger charge is -2.35. The predicted molar refractivity (Wildman–Crippen MR) is 83.9 cm³/mol. The molecule has 0 unspecified atom stereocenters. The van der Waals surface area contributed by atoms with Crippen molar-refractivity contribution in [3.63, 3.8) is 0 Å². The molecule has 1 fully saturated rings. The Kier molecular flexibility index (Phi) is 5.67. The number of nitrogens with zero attached hydrogens (tertiary/aromatic N) is 1. The first-order valence-corrected chi connectivity index (χ1v) is 8.20. The lowest BCUT2D eigenvalue weighted by Crippen LogP contribution is -2.45. The van der Waals surface area contributed by atoms with Crippen molar-refractivity contribution in [3.8, 4) is 0 Å². The lowest BCUT2D eigenvalue weighted by atomic mass is 10.00. The number of hydrogen-bond acceptors (Lipinski definition) is 2. The molecule has 1 N–H and O–H groups in total. The van der Waals surface area contributed by atoms with Crippen LogP contribution in [0.2, 0.25) is 0 Å². The van der Waals surface area contributed by atoms with Crippen molar-refractivity contribution < 1.29 is 0 Å². The van der Waals surface area contributed by atoms with E-state index in [1.165, 1.54) is 18.4 Å². The van der Waals surface area contributed by atoms with Crippen molar-refractivity contribution in [1.29, 1.82) is 0 Å². The van der Waals surface area contributed by atoms with Gasteiger partial charge in [-0.05, 0) is 56.0 Å². The second kappa shape index (κ2) is 7.04.